The van der Waals surface area contributed by atoms with E-state index in [1.165, 1.54) is 0 Å². The third-order valence-electron chi connectivity index (χ3n) is 4.42. The van der Waals surface area contributed by atoms with E-state index < -0.39 is 5.97 Å². The van der Waals surface area contributed by atoms with Crippen LogP contribution in [0.25, 0.3) is 0 Å². The lowest BCUT2D eigenvalue weighted by molar-refractivity contribution is -0.150. The van der Waals surface area contributed by atoms with Crippen LogP contribution in [-0.2, 0) is 4.79 Å². The second-order valence-corrected chi connectivity index (χ2v) is 5.19. The van der Waals surface area contributed by atoms with Crippen LogP contribution in [0.1, 0.15) is 39.0 Å². The molecule has 0 saturated heterocycles. The van der Waals surface area contributed by atoms with Gasteiger partial charge in [0.15, 0.2) is 0 Å². The Morgan fingerprint density at radius 2 is 2.20 bits per heavy atom. The Bertz CT molecular complexity index is 254. The van der Waals surface area contributed by atoms with Crippen molar-refractivity contribution in [2.24, 2.45) is 17.3 Å². The first-order valence-corrected chi connectivity index (χ1v) is 6.12. The van der Waals surface area contributed by atoms with Gasteiger partial charge < -0.3 is 10.4 Å². The summed E-state index contributed by atoms with van der Waals surface area (Å²) in [6, 6.07) is 0. The summed E-state index contributed by atoms with van der Waals surface area (Å²) in [5, 5.41) is 12.7. The maximum atomic E-state index is 11.2. The number of nitrogens with one attached hydrogen (secondary N) is 1. The lowest BCUT2D eigenvalue weighted by atomic mass is 9.71. The van der Waals surface area contributed by atoms with Gasteiger partial charge in [0.25, 0.3) is 0 Å². The largest absolute Gasteiger partial charge is 0.481 e. The molecule has 0 aliphatic heterocycles. The summed E-state index contributed by atoms with van der Waals surface area (Å²) in [4.78, 5) is 11.2. The molecule has 2 rings (SSSR count). The molecule has 86 valence electrons. The van der Waals surface area contributed by atoms with Crippen molar-refractivity contribution in [3.8, 4) is 0 Å². The van der Waals surface area contributed by atoms with E-state index in [1.807, 2.05) is 0 Å². The molecule has 0 radical (unpaired) electrons. The Hall–Kier alpha value is -0.570. The van der Waals surface area contributed by atoms with Gasteiger partial charge >= 0.3 is 5.97 Å². The molecule has 2 saturated carbocycles. The average molecular weight is 211 g/mol. The molecule has 2 bridgehead atoms. The fourth-order valence-electron chi connectivity index (χ4n) is 3.39. The van der Waals surface area contributed by atoms with Gasteiger partial charge in [-0.3, -0.25) is 4.79 Å². The summed E-state index contributed by atoms with van der Waals surface area (Å²) < 4.78 is 0. The minimum atomic E-state index is -0.549. The second kappa shape index (κ2) is 4.12. The summed E-state index contributed by atoms with van der Waals surface area (Å²) in [6.07, 6.45) is 4.97. The van der Waals surface area contributed by atoms with Gasteiger partial charge in [-0.15, -0.1) is 0 Å². The van der Waals surface area contributed by atoms with Gasteiger partial charge in [0.05, 0.1) is 5.41 Å². The molecule has 3 nitrogen and oxygen atoms in total. The lowest BCUT2D eigenvalue weighted by Crippen LogP contribution is -2.36. The van der Waals surface area contributed by atoms with E-state index >= 15 is 0 Å². The molecule has 3 atom stereocenters. The number of carboxylic acid groups (broad SMARTS) is 1. The molecule has 0 aromatic carbocycles. The van der Waals surface area contributed by atoms with E-state index in [0.29, 0.717) is 5.92 Å². The van der Waals surface area contributed by atoms with E-state index in [-0.39, 0.29) is 5.41 Å². The van der Waals surface area contributed by atoms with Gasteiger partial charge in [-0.1, -0.05) is 6.92 Å². The average Bonchev–Trinajstić information content (AvgIpc) is 2.58. The highest BCUT2D eigenvalue weighted by Gasteiger charge is 2.50. The van der Waals surface area contributed by atoms with Gasteiger partial charge in [-0.05, 0) is 57.0 Å². The third kappa shape index (κ3) is 1.89. The molecule has 15 heavy (non-hydrogen) atoms. The molecule has 0 heterocycles. The molecular weight excluding hydrogens is 190 g/mol. The van der Waals surface area contributed by atoms with Crippen LogP contribution in [0.5, 0.6) is 0 Å². The predicted octanol–water partition coefficient (Wildman–Crippen LogP) is 1.88. The van der Waals surface area contributed by atoms with Crippen molar-refractivity contribution in [1.29, 1.82) is 0 Å². The highest BCUT2D eigenvalue weighted by molar-refractivity contribution is 5.75. The van der Waals surface area contributed by atoms with Crippen LogP contribution in [0, 0.1) is 17.3 Å². The van der Waals surface area contributed by atoms with E-state index in [9.17, 15) is 9.90 Å². The Morgan fingerprint density at radius 3 is 2.87 bits per heavy atom. The predicted molar refractivity (Wildman–Crippen MR) is 58.7 cm³/mol. The van der Waals surface area contributed by atoms with Crippen LogP contribution in [-0.4, -0.2) is 24.2 Å². The van der Waals surface area contributed by atoms with Gasteiger partial charge in [-0.25, -0.2) is 0 Å². The molecule has 3 heteroatoms. The van der Waals surface area contributed by atoms with E-state index in [2.05, 4.69) is 12.2 Å². The van der Waals surface area contributed by atoms with Crippen molar-refractivity contribution >= 4 is 5.97 Å². The topological polar surface area (TPSA) is 49.3 Å². The molecule has 2 aliphatic carbocycles. The van der Waals surface area contributed by atoms with E-state index in [1.54, 1.807) is 0 Å². The number of carboxylic acids is 1. The monoisotopic (exact) mass is 211 g/mol. The van der Waals surface area contributed by atoms with E-state index in [4.69, 9.17) is 0 Å². The maximum absolute atomic E-state index is 11.2. The minimum absolute atomic E-state index is 0.340. The highest BCUT2D eigenvalue weighted by atomic mass is 16.4. The van der Waals surface area contributed by atoms with Crippen LogP contribution in [0.2, 0.25) is 0 Å². The summed E-state index contributed by atoms with van der Waals surface area (Å²) in [5.74, 6) is 0.834. The van der Waals surface area contributed by atoms with Crippen molar-refractivity contribution in [2.75, 3.05) is 13.1 Å². The molecule has 2 fully saturated rings. The first-order valence-electron chi connectivity index (χ1n) is 6.12. The van der Waals surface area contributed by atoms with Crippen LogP contribution < -0.4 is 5.32 Å². The van der Waals surface area contributed by atoms with Crippen molar-refractivity contribution in [3.05, 3.63) is 0 Å². The van der Waals surface area contributed by atoms with Crippen LogP contribution >= 0.6 is 0 Å². The first kappa shape index (κ1) is 10.9. The molecular formula is C12H21NO2. The molecule has 0 aromatic rings. The fourth-order valence-corrected chi connectivity index (χ4v) is 3.39. The van der Waals surface area contributed by atoms with Gasteiger partial charge in [0.2, 0.25) is 0 Å². The minimum Gasteiger partial charge on any atom is -0.481 e. The number of aliphatic carboxylic acids is 1. The first-order chi connectivity index (χ1) is 7.18. The Morgan fingerprint density at radius 1 is 1.47 bits per heavy atom. The molecule has 0 amide bonds. The van der Waals surface area contributed by atoms with Gasteiger partial charge in [0, 0.05) is 0 Å². The van der Waals surface area contributed by atoms with Crippen molar-refractivity contribution in [2.45, 2.75) is 39.0 Å². The summed E-state index contributed by atoms with van der Waals surface area (Å²) >= 11 is 0. The zero-order chi connectivity index (χ0) is 10.9. The fraction of sp³-hybridized carbons (Fsp3) is 0.917. The SMILES string of the molecule is CCNCC1CCC2(C(=O)O)CC[C@@H]1C2. The van der Waals surface area contributed by atoms with Crippen LogP contribution in [0.4, 0.5) is 0 Å². The molecule has 0 spiro atoms. The summed E-state index contributed by atoms with van der Waals surface area (Å²) in [6.45, 7) is 4.23. The molecule has 2 aliphatic rings. The summed E-state index contributed by atoms with van der Waals surface area (Å²) in [5.41, 5.74) is -0.340. The molecule has 0 aromatic heterocycles. The zero-order valence-corrected chi connectivity index (χ0v) is 9.46. The molecule has 2 unspecified atom stereocenters. The normalized spacial score (nSPS) is 39.3. The number of fused-ring (bicyclic) bond motifs is 2. The van der Waals surface area contributed by atoms with Crippen LogP contribution in [0.15, 0.2) is 0 Å². The summed E-state index contributed by atoms with van der Waals surface area (Å²) in [7, 11) is 0. The standard InChI is InChI=1S/C12H21NO2/c1-2-13-8-10-4-6-12(11(14)15)5-3-9(10)7-12/h9-10,13H,2-8H2,1H3,(H,14,15)/t9-,10?,12?/m1/s1. The zero-order valence-electron chi connectivity index (χ0n) is 9.46. The van der Waals surface area contributed by atoms with Gasteiger partial charge in [0.1, 0.15) is 0 Å². The van der Waals surface area contributed by atoms with E-state index in [0.717, 1.165) is 51.1 Å². The van der Waals surface area contributed by atoms with Gasteiger partial charge in [-0.2, -0.15) is 0 Å². The van der Waals surface area contributed by atoms with Crippen molar-refractivity contribution in [3.63, 3.8) is 0 Å². The van der Waals surface area contributed by atoms with Crippen LogP contribution in [0.3, 0.4) is 0 Å². The Labute approximate surface area is 91.2 Å². The maximum Gasteiger partial charge on any atom is 0.309 e. The Kier molecular flexibility index (Phi) is 3.01. The number of rotatable bonds is 4. The quantitative estimate of drug-likeness (QED) is 0.746. The lowest BCUT2D eigenvalue weighted by Gasteiger charge is -2.34. The Balaban J connectivity index is 1.96. The van der Waals surface area contributed by atoms with Crippen molar-refractivity contribution < 1.29 is 9.90 Å². The smallest absolute Gasteiger partial charge is 0.309 e. The number of carbonyl (C=O) groups is 1. The third-order valence-corrected chi connectivity index (χ3v) is 4.42. The molecule has 2 N–H and O–H groups in total. The number of hydrogen-bond donors (Lipinski definition) is 2. The highest BCUT2D eigenvalue weighted by Crippen LogP contribution is 2.53. The number of hydrogen-bond acceptors (Lipinski definition) is 2. The van der Waals surface area contributed by atoms with Crippen molar-refractivity contribution in [1.82, 2.24) is 5.32 Å². The second-order valence-electron chi connectivity index (χ2n) is 5.19.